The van der Waals surface area contributed by atoms with Gasteiger partial charge in [0, 0.05) is 45.5 Å². The molecule has 3 heteroatoms. The van der Waals surface area contributed by atoms with Gasteiger partial charge in [-0.1, -0.05) is 121 Å². The number of para-hydroxylation sites is 1. The van der Waals surface area contributed by atoms with Gasteiger partial charge in [-0.25, -0.2) is 0 Å². The quantitative estimate of drug-likeness (QED) is 0.174. The largest absolute Gasteiger partial charge is 0.313 e. The molecule has 0 saturated heterocycles. The van der Waals surface area contributed by atoms with Crippen LogP contribution in [0.15, 0.2) is 170 Å². The van der Waals surface area contributed by atoms with E-state index in [4.69, 9.17) is 9.97 Å². The first kappa shape index (κ1) is 29.8. The zero-order chi connectivity index (χ0) is 34.9. The van der Waals surface area contributed by atoms with Crippen LogP contribution in [0.25, 0.3) is 99.4 Å². The third-order valence-electron chi connectivity index (χ3n) is 11.1. The third-order valence-corrected chi connectivity index (χ3v) is 11.1. The molecule has 0 spiro atoms. The molecular weight excluding hydrogens is 643 g/mol. The highest BCUT2D eigenvalue weighted by atomic mass is 15.0. The first-order chi connectivity index (χ1) is 26.3. The Labute approximate surface area is 307 Å². The number of allylic oxidation sites excluding steroid dienone is 1. The summed E-state index contributed by atoms with van der Waals surface area (Å²) in [5.41, 5.74) is 14.3. The lowest BCUT2D eigenvalue weighted by Gasteiger charge is -2.14. The summed E-state index contributed by atoms with van der Waals surface area (Å²) in [7, 11) is 0. The monoisotopic (exact) mass is 675 g/mol. The van der Waals surface area contributed by atoms with E-state index < -0.39 is 0 Å². The number of aromatic nitrogens is 3. The summed E-state index contributed by atoms with van der Waals surface area (Å²) in [6.07, 6.45) is 10.3. The van der Waals surface area contributed by atoms with Crippen molar-refractivity contribution in [3.05, 3.63) is 181 Å². The van der Waals surface area contributed by atoms with Gasteiger partial charge in [-0.05, 0) is 110 Å². The van der Waals surface area contributed by atoms with Gasteiger partial charge in [-0.2, -0.15) is 0 Å². The summed E-state index contributed by atoms with van der Waals surface area (Å²) in [5.74, 6) is 0. The van der Waals surface area contributed by atoms with Crippen molar-refractivity contribution in [3.8, 4) is 39.1 Å². The van der Waals surface area contributed by atoms with Crippen molar-refractivity contribution in [3.63, 3.8) is 0 Å². The number of rotatable bonds is 4. The Bertz CT molecular complexity index is 3090. The van der Waals surface area contributed by atoms with Crippen LogP contribution in [-0.4, -0.2) is 14.5 Å². The molecule has 8 aromatic carbocycles. The highest BCUT2D eigenvalue weighted by Gasteiger charge is 2.18. The predicted octanol–water partition coefficient (Wildman–Crippen LogP) is 13.0. The van der Waals surface area contributed by atoms with Crippen molar-refractivity contribution in [2.45, 2.75) is 12.8 Å². The van der Waals surface area contributed by atoms with Crippen molar-refractivity contribution in [2.75, 3.05) is 0 Å². The van der Waals surface area contributed by atoms with E-state index in [2.05, 4.69) is 168 Å². The summed E-state index contributed by atoms with van der Waals surface area (Å²) >= 11 is 0. The average Bonchev–Trinajstić information content (AvgIpc) is 3.58. The lowest BCUT2D eigenvalue weighted by Crippen LogP contribution is -2.02. The summed E-state index contributed by atoms with van der Waals surface area (Å²) in [6, 6.07) is 55.6. The van der Waals surface area contributed by atoms with Gasteiger partial charge >= 0.3 is 0 Å². The van der Waals surface area contributed by atoms with Crippen LogP contribution in [0.5, 0.6) is 0 Å². The topological polar surface area (TPSA) is 30.7 Å². The second-order valence-corrected chi connectivity index (χ2v) is 14.1. The Kier molecular flexibility index (Phi) is 6.68. The van der Waals surface area contributed by atoms with Gasteiger partial charge in [-0.15, -0.1) is 0 Å². The van der Waals surface area contributed by atoms with Gasteiger partial charge in [0.15, 0.2) is 0 Å². The molecule has 0 aliphatic heterocycles. The van der Waals surface area contributed by atoms with Crippen molar-refractivity contribution in [1.29, 1.82) is 0 Å². The van der Waals surface area contributed by atoms with Crippen LogP contribution in [0, 0.1) is 0 Å². The van der Waals surface area contributed by atoms with Crippen LogP contribution in [0.2, 0.25) is 0 Å². The highest BCUT2D eigenvalue weighted by molar-refractivity contribution is 6.23. The second kappa shape index (κ2) is 11.9. The molecule has 1 aliphatic carbocycles. The lowest BCUT2D eigenvalue weighted by molar-refractivity contribution is 0.889. The van der Waals surface area contributed by atoms with E-state index >= 15 is 0 Å². The molecule has 2 heterocycles. The molecule has 0 fully saturated rings. The molecule has 0 saturated carbocycles. The summed E-state index contributed by atoms with van der Waals surface area (Å²) < 4.78 is 2.47. The van der Waals surface area contributed by atoms with Crippen molar-refractivity contribution < 1.29 is 0 Å². The first-order valence-electron chi connectivity index (χ1n) is 18.4. The molecule has 0 atom stereocenters. The van der Waals surface area contributed by atoms with Crippen molar-refractivity contribution in [2.24, 2.45) is 0 Å². The van der Waals surface area contributed by atoms with E-state index in [0.717, 1.165) is 40.2 Å². The fourth-order valence-electron chi connectivity index (χ4n) is 8.59. The van der Waals surface area contributed by atoms with Crippen LogP contribution in [-0.2, 0) is 6.42 Å². The van der Waals surface area contributed by atoms with E-state index in [1.807, 2.05) is 0 Å². The highest BCUT2D eigenvalue weighted by Crippen LogP contribution is 2.38. The van der Waals surface area contributed by atoms with Gasteiger partial charge in [0.05, 0.1) is 16.6 Å². The van der Waals surface area contributed by atoms with Crippen LogP contribution >= 0.6 is 0 Å². The van der Waals surface area contributed by atoms with Crippen LogP contribution in [0.3, 0.4) is 0 Å². The van der Waals surface area contributed by atoms with E-state index in [0.29, 0.717) is 0 Å². The minimum absolute atomic E-state index is 0.938. The SMILES string of the molecule is C1=Cc2c(n(-c3ccc4cc(-c5cccc(-c6cccc(-c7ccc8c9ccccc9c9nccnc9c8c7)c6)c5)ccc4c3)c3ccccc23)CC1. The van der Waals surface area contributed by atoms with Gasteiger partial charge in [0.2, 0.25) is 0 Å². The molecule has 3 nitrogen and oxygen atoms in total. The first-order valence-corrected chi connectivity index (χ1v) is 18.4. The average molecular weight is 676 g/mol. The molecule has 248 valence electrons. The van der Waals surface area contributed by atoms with Crippen molar-refractivity contribution in [1.82, 2.24) is 14.5 Å². The zero-order valence-corrected chi connectivity index (χ0v) is 29.0. The molecule has 0 N–H and O–H groups in total. The Morgan fingerprint density at radius 2 is 1.02 bits per heavy atom. The number of benzene rings is 8. The fraction of sp³-hybridized carbons (Fsp3) is 0.0400. The number of hydrogen-bond donors (Lipinski definition) is 0. The van der Waals surface area contributed by atoms with Crippen molar-refractivity contribution >= 4 is 60.3 Å². The Hall–Kier alpha value is -6.84. The summed E-state index contributed by atoms with van der Waals surface area (Å²) in [5, 5.41) is 8.47. The number of nitrogens with zero attached hydrogens (tertiary/aromatic N) is 3. The predicted molar refractivity (Wildman–Crippen MR) is 223 cm³/mol. The second-order valence-electron chi connectivity index (χ2n) is 14.1. The van der Waals surface area contributed by atoms with Gasteiger partial charge in [0.25, 0.3) is 0 Å². The molecule has 0 bridgehead atoms. The molecule has 53 heavy (non-hydrogen) atoms. The van der Waals surface area contributed by atoms with E-state index in [1.54, 1.807) is 12.4 Å². The molecule has 0 unspecified atom stereocenters. The van der Waals surface area contributed by atoms with Crippen LogP contribution < -0.4 is 0 Å². The molecule has 2 aromatic heterocycles. The van der Waals surface area contributed by atoms with Gasteiger partial charge in [0.1, 0.15) is 0 Å². The summed E-state index contributed by atoms with van der Waals surface area (Å²) in [4.78, 5) is 9.53. The minimum atomic E-state index is 0.938. The van der Waals surface area contributed by atoms with Gasteiger partial charge < -0.3 is 4.57 Å². The lowest BCUT2D eigenvalue weighted by atomic mass is 9.93. The standard InChI is InChI=1S/C50H33N3/c1-2-16-45-41(13-1)42-24-22-39(31-46(42)50-49(45)51-25-26-52-50)35-12-8-10-33(28-35)32-9-7-11-34(27-32)36-19-20-38-30-40(23-21-37(38)29-36)53-47-17-5-3-14-43(47)44-15-4-6-18-48(44)53/h1-5,7-17,19-31H,6,18H2. The Morgan fingerprint density at radius 1 is 0.434 bits per heavy atom. The molecule has 10 aromatic rings. The number of hydrogen-bond acceptors (Lipinski definition) is 2. The van der Waals surface area contributed by atoms with E-state index in [9.17, 15) is 0 Å². The maximum absolute atomic E-state index is 4.79. The molecule has 0 radical (unpaired) electrons. The molecule has 11 rings (SSSR count). The van der Waals surface area contributed by atoms with E-state index in [1.165, 1.54) is 77.2 Å². The fourth-order valence-corrected chi connectivity index (χ4v) is 8.59. The zero-order valence-electron chi connectivity index (χ0n) is 29.0. The van der Waals surface area contributed by atoms with Crippen LogP contribution in [0.4, 0.5) is 0 Å². The normalized spacial score (nSPS) is 12.7. The molecule has 0 amide bonds. The van der Waals surface area contributed by atoms with Gasteiger partial charge in [-0.3, -0.25) is 9.97 Å². The minimum Gasteiger partial charge on any atom is -0.313 e. The smallest absolute Gasteiger partial charge is 0.0971 e. The molecule has 1 aliphatic rings. The number of fused-ring (bicyclic) bond motifs is 10. The maximum Gasteiger partial charge on any atom is 0.0971 e. The Morgan fingerprint density at radius 3 is 1.79 bits per heavy atom. The third kappa shape index (κ3) is 4.82. The molecular formula is C50H33N3. The van der Waals surface area contributed by atoms with Crippen LogP contribution in [0.1, 0.15) is 17.7 Å². The van der Waals surface area contributed by atoms with E-state index in [-0.39, 0.29) is 0 Å². The maximum atomic E-state index is 4.79. The Balaban J connectivity index is 0.947. The summed E-state index contributed by atoms with van der Waals surface area (Å²) in [6.45, 7) is 0.